The molecule has 0 unspecified atom stereocenters. The molecule has 0 heterocycles. The summed E-state index contributed by atoms with van der Waals surface area (Å²) in [4.78, 5) is 0. The highest BCUT2D eigenvalue weighted by Crippen LogP contribution is 2.01. The molecule has 0 atom stereocenters. The first kappa shape index (κ1) is 8.83. The molecular weight excluding hydrogens is 184 g/mol. The zero-order valence-electron chi connectivity index (χ0n) is 5.07. The van der Waals surface area contributed by atoms with Gasteiger partial charge in [0.15, 0.2) is 0 Å². The van der Waals surface area contributed by atoms with E-state index in [2.05, 4.69) is 28.6 Å². The summed E-state index contributed by atoms with van der Waals surface area (Å²) in [7, 11) is 0. The van der Waals surface area contributed by atoms with Gasteiger partial charge in [0.2, 0.25) is 0 Å². The zero-order chi connectivity index (χ0) is 6.24. The first-order chi connectivity index (χ1) is 3.91. The molecule has 0 spiro atoms. The maximum atomic E-state index is 4.11. The van der Waals surface area contributed by atoms with Crippen molar-refractivity contribution in [2.75, 3.05) is 11.1 Å². The molecule has 0 aromatic rings. The number of halogens is 1. The van der Waals surface area contributed by atoms with Gasteiger partial charge in [0.05, 0.1) is 0 Å². The molecular formula is C6H13BrS. The summed E-state index contributed by atoms with van der Waals surface area (Å²) < 4.78 is 0. The predicted octanol–water partition coefficient (Wildman–Crippen LogP) is 2.87. The smallest absolute Gasteiger partial charge is 0.00313 e. The molecule has 0 nitrogen and oxygen atoms in total. The molecule has 0 amide bonds. The van der Waals surface area contributed by atoms with Crippen molar-refractivity contribution < 1.29 is 0 Å². The molecule has 2 heteroatoms. The van der Waals surface area contributed by atoms with Crippen molar-refractivity contribution in [2.24, 2.45) is 0 Å². The molecule has 0 saturated heterocycles. The number of unbranched alkanes of at least 4 members (excludes halogenated alkanes) is 3. The maximum absolute atomic E-state index is 4.11. The quantitative estimate of drug-likeness (QED) is 0.391. The SMILES string of the molecule is SCCCCCCBr. The van der Waals surface area contributed by atoms with Crippen molar-refractivity contribution in [1.29, 1.82) is 0 Å². The second-order valence-electron chi connectivity index (χ2n) is 1.83. The predicted molar refractivity (Wildman–Crippen MR) is 46.1 cm³/mol. The van der Waals surface area contributed by atoms with Crippen molar-refractivity contribution >= 4 is 28.6 Å². The van der Waals surface area contributed by atoms with Crippen molar-refractivity contribution in [1.82, 2.24) is 0 Å². The van der Waals surface area contributed by atoms with Crippen molar-refractivity contribution in [2.45, 2.75) is 25.7 Å². The molecule has 0 aromatic heterocycles. The minimum absolute atomic E-state index is 1.04. The standard InChI is InChI=1S/C6H13BrS/c7-5-3-1-2-4-6-8/h8H,1-6H2. The van der Waals surface area contributed by atoms with E-state index in [1.807, 2.05) is 0 Å². The Kier molecular flexibility index (Phi) is 8.64. The Morgan fingerprint density at radius 2 is 1.62 bits per heavy atom. The Morgan fingerprint density at radius 3 is 2.12 bits per heavy atom. The van der Waals surface area contributed by atoms with Gasteiger partial charge in [0.25, 0.3) is 0 Å². The summed E-state index contributed by atoms with van der Waals surface area (Å²) in [5.41, 5.74) is 0. The van der Waals surface area contributed by atoms with Crippen LogP contribution in [-0.2, 0) is 0 Å². The van der Waals surface area contributed by atoms with E-state index in [1.54, 1.807) is 0 Å². The highest BCUT2D eigenvalue weighted by atomic mass is 79.9. The van der Waals surface area contributed by atoms with E-state index in [1.165, 1.54) is 25.7 Å². The molecule has 0 bridgehead atoms. The van der Waals surface area contributed by atoms with Crippen LogP contribution in [0.1, 0.15) is 25.7 Å². The first-order valence-corrected chi connectivity index (χ1v) is 4.84. The van der Waals surface area contributed by atoms with Gasteiger partial charge in [0, 0.05) is 5.33 Å². The summed E-state index contributed by atoms with van der Waals surface area (Å²) >= 11 is 7.49. The van der Waals surface area contributed by atoms with E-state index < -0.39 is 0 Å². The third-order valence-electron chi connectivity index (χ3n) is 1.04. The summed E-state index contributed by atoms with van der Waals surface area (Å²) in [6, 6.07) is 0. The molecule has 50 valence electrons. The van der Waals surface area contributed by atoms with E-state index >= 15 is 0 Å². The lowest BCUT2D eigenvalue weighted by Crippen LogP contribution is -1.78. The third-order valence-corrected chi connectivity index (χ3v) is 1.92. The van der Waals surface area contributed by atoms with Crippen LogP contribution in [0.2, 0.25) is 0 Å². The fourth-order valence-electron chi connectivity index (χ4n) is 0.560. The Hall–Kier alpha value is 0.830. The van der Waals surface area contributed by atoms with E-state index in [0.717, 1.165) is 11.1 Å². The highest BCUT2D eigenvalue weighted by Gasteiger charge is 1.84. The fraction of sp³-hybridized carbons (Fsp3) is 1.00. The molecule has 0 saturated carbocycles. The van der Waals surface area contributed by atoms with Crippen LogP contribution in [0.3, 0.4) is 0 Å². The molecule has 8 heavy (non-hydrogen) atoms. The van der Waals surface area contributed by atoms with E-state index in [4.69, 9.17) is 0 Å². The number of alkyl halides is 1. The monoisotopic (exact) mass is 196 g/mol. The van der Waals surface area contributed by atoms with Gasteiger partial charge in [-0.25, -0.2) is 0 Å². The Balaban J connectivity index is 2.53. The lowest BCUT2D eigenvalue weighted by molar-refractivity contribution is 0.714. The fourth-order valence-corrected chi connectivity index (χ4v) is 1.18. The van der Waals surface area contributed by atoms with Crippen LogP contribution >= 0.6 is 28.6 Å². The zero-order valence-corrected chi connectivity index (χ0v) is 7.55. The average molecular weight is 197 g/mol. The van der Waals surface area contributed by atoms with Gasteiger partial charge < -0.3 is 0 Å². The molecule has 0 rings (SSSR count). The Bertz CT molecular complexity index is 33.5. The Morgan fingerprint density at radius 1 is 1.00 bits per heavy atom. The van der Waals surface area contributed by atoms with Crippen molar-refractivity contribution in [3.63, 3.8) is 0 Å². The second kappa shape index (κ2) is 7.83. The largest absolute Gasteiger partial charge is 0.179 e. The van der Waals surface area contributed by atoms with Crippen molar-refractivity contribution in [3.8, 4) is 0 Å². The van der Waals surface area contributed by atoms with Gasteiger partial charge in [-0.3, -0.25) is 0 Å². The summed E-state index contributed by atoms with van der Waals surface area (Å²) in [6.07, 6.45) is 5.28. The summed E-state index contributed by atoms with van der Waals surface area (Å²) in [5.74, 6) is 1.04. The van der Waals surface area contributed by atoms with Gasteiger partial charge in [-0.05, 0) is 18.6 Å². The van der Waals surface area contributed by atoms with Crippen LogP contribution in [0.5, 0.6) is 0 Å². The van der Waals surface area contributed by atoms with Crippen LogP contribution in [0.15, 0.2) is 0 Å². The molecule has 0 radical (unpaired) electrons. The topological polar surface area (TPSA) is 0 Å². The minimum Gasteiger partial charge on any atom is -0.179 e. The van der Waals surface area contributed by atoms with Crippen LogP contribution in [-0.4, -0.2) is 11.1 Å². The first-order valence-electron chi connectivity index (χ1n) is 3.08. The van der Waals surface area contributed by atoms with Gasteiger partial charge in [-0.15, -0.1) is 0 Å². The van der Waals surface area contributed by atoms with E-state index in [0.29, 0.717) is 0 Å². The minimum atomic E-state index is 1.04. The Labute approximate surface area is 65.6 Å². The molecule has 0 aromatic carbocycles. The van der Waals surface area contributed by atoms with Crippen LogP contribution in [0.4, 0.5) is 0 Å². The van der Waals surface area contributed by atoms with E-state index in [-0.39, 0.29) is 0 Å². The second-order valence-corrected chi connectivity index (χ2v) is 3.07. The van der Waals surface area contributed by atoms with Gasteiger partial charge in [-0.1, -0.05) is 28.8 Å². The van der Waals surface area contributed by atoms with Crippen LogP contribution < -0.4 is 0 Å². The third kappa shape index (κ3) is 6.83. The summed E-state index contributed by atoms with van der Waals surface area (Å²) in [5, 5.41) is 1.15. The van der Waals surface area contributed by atoms with Crippen molar-refractivity contribution in [3.05, 3.63) is 0 Å². The number of rotatable bonds is 5. The summed E-state index contributed by atoms with van der Waals surface area (Å²) in [6.45, 7) is 0. The maximum Gasteiger partial charge on any atom is 0.00313 e. The lowest BCUT2D eigenvalue weighted by atomic mass is 10.2. The van der Waals surface area contributed by atoms with Gasteiger partial charge in [0.1, 0.15) is 0 Å². The molecule has 0 aliphatic rings. The van der Waals surface area contributed by atoms with E-state index in [9.17, 15) is 0 Å². The number of hydrogen-bond donors (Lipinski definition) is 1. The van der Waals surface area contributed by atoms with Gasteiger partial charge in [-0.2, -0.15) is 12.6 Å². The molecule has 0 aliphatic carbocycles. The highest BCUT2D eigenvalue weighted by molar-refractivity contribution is 9.09. The molecule has 0 fully saturated rings. The van der Waals surface area contributed by atoms with Gasteiger partial charge >= 0.3 is 0 Å². The number of hydrogen-bond acceptors (Lipinski definition) is 1. The van der Waals surface area contributed by atoms with Crippen LogP contribution in [0.25, 0.3) is 0 Å². The molecule has 0 aliphatic heterocycles. The number of thiol groups is 1. The normalized spacial score (nSPS) is 9.75. The van der Waals surface area contributed by atoms with Crippen LogP contribution in [0, 0.1) is 0 Å². The lowest BCUT2D eigenvalue weighted by Gasteiger charge is -1.92. The average Bonchev–Trinajstić information content (AvgIpc) is 1.81. The molecule has 0 N–H and O–H groups in total.